The van der Waals surface area contributed by atoms with Crippen LogP contribution in [0.5, 0.6) is 0 Å². The van der Waals surface area contributed by atoms with Gasteiger partial charge in [-0.1, -0.05) is 0 Å². The molecule has 0 unspecified atom stereocenters. The van der Waals surface area contributed by atoms with Crippen LogP contribution in [0.1, 0.15) is 58.1 Å². The molecule has 1 aromatic rings. The number of nitrogens with zero attached hydrogens (tertiary/aromatic N) is 1. The van der Waals surface area contributed by atoms with E-state index in [1.807, 2.05) is 27.0 Å². The molecule has 1 saturated carbocycles. The smallest absolute Gasteiger partial charge is 0.407 e. The summed E-state index contributed by atoms with van der Waals surface area (Å²) in [5, 5.41) is 10.2. The van der Waals surface area contributed by atoms with E-state index in [-0.39, 0.29) is 12.1 Å². The van der Waals surface area contributed by atoms with Crippen molar-refractivity contribution in [3.05, 3.63) is 15.5 Å². The molecule has 5 nitrogen and oxygen atoms in total. The molecule has 0 aliphatic heterocycles. The lowest BCUT2D eigenvalue weighted by Gasteiger charge is -2.29. The molecular formula is C14H22IN3O2. The van der Waals surface area contributed by atoms with Gasteiger partial charge in [-0.05, 0) is 69.0 Å². The van der Waals surface area contributed by atoms with Crippen molar-refractivity contribution in [3.63, 3.8) is 0 Å². The Morgan fingerprint density at radius 1 is 1.40 bits per heavy atom. The minimum Gasteiger partial charge on any atom is -0.444 e. The summed E-state index contributed by atoms with van der Waals surface area (Å²) in [5.41, 5.74) is 0.730. The van der Waals surface area contributed by atoms with Gasteiger partial charge in [-0.25, -0.2) is 4.79 Å². The molecule has 6 heteroatoms. The van der Waals surface area contributed by atoms with Gasteiger partial charge in [0.25, 0.3) is 0 Å². The van der Waals surface area contributed by atoms with Crippen LogP contribution >= 0.6 is 22.6 Å². The number of ether oxygens (including phenoxy) is 1. The first-order chi connectivity index (χ1) is 9.35. The molecule has 1 aliphatic rings. The fourth-order valence-corrected chi connectivity index (χ4v) is 3.26. The van der Waals surface area contributed by atoms with Gasteiger partial charge in [-0.3, -0.25) is 5.10 Å². The average Bonchev–Trinajstić information content (AvgIpc) is 2.74. The number of carbonyl (C=O) groups excluding carboxylic acids is 1. The predicted octanol–water partition coefficient (Wildman–Crippen LogP) is 3.57. The first kappa shape index (κ1) is 15.6. The van der Waals surface area contributed by atoms with E-state index in [1.54, 1.807) is 0 Å². The van der Waals surface area contributed by atoms with E-state index in [4.69, 9.17) is 4.74 Å². The molecule has 0 saturated heterocycles. The lowest BCUT2D eigenvalue weighted by Crippen LogP contribution is -2.40. The summed E-state index contributed by atoms with van der Waals surface area (Å²) in [6.07, 6.45) is 5.69. The van der Waals surface area contributed by atoms with Crippen LogP contribution in [-0.2, 0) is 4.74 Å². The fraction of sp³-hybridized carbons (Fsp3) is 0.714. The summed E-state index contributed by atoms with van der Waals surface area (Å²) in [6, 6.07) is 0.220. The van der Waals surface area contributed by atoms with Gasteiger partial charge < -0.3 is 10.1 Å². The zero-order valence-electron chi connectivity index (χ0n) is 12.2. The number of hydrogen-bond acceptors (Lipinski definition) is 3. The van der Waals surface area contributed by atoms with E-state index in [0.29, 0.717) is 5.92 Å². The Hall–Kier alpha value is -0.790. The first-order valence-electron chi connectivity index (χ1n) is 7.04. The summed E-state index contributed by atoms with van der Waals surface area (Å²) in [6.45, 7) is 5.63. The van der Waals surface area contributed by atoms with Gasteiger partial charge in [0.2, 0.25) is 0 Å². The highest BCUT2D eigenvalue weighted by Gasteiger charge is 2.27. The summed E-state index contributed by atoms with van der Waals surface area (Å²) >= 11 is 2.31. The summed E-state index contributed by atoms with van der Waals surface area (Å²) in [5.74, 6) is 0.504. The van der Waals surface area contributed by atoms with E-state index in [2.05, 4.69) is 38.1 Å². The number of rotatable bonds is 2. The van der Waals surface area contributed by atoms with Gasteiger partial charge in [0.1, 0.15) is 5.60 Å². The molecule has 2 rings (SSSR count). The highest BCUT2D eigenvalue weighted by Crippen LogP contribution is 2.33. The van der Waals surface area contributed by atoms with Crippen LogP contribution in [0.4, 0.5) is 4.79 Å². The van der Waals surface area contributed by atoms with Crippen LogP contribution in [0.15, 0.2) is 6.20 Å². The van der Waals surface area contributed by atoms with Crippen molar-refractivity contribution < 1.29 is 9.53 Å². The molecule has 1 aromatic heterocycles. The molecule has 0 bridgehead atoms. The Labute approximate surface area is 133 Å². The average molecular weight is 391 g/mol. The zero-order valence-corrected chi connectivity index (χ0v) is 14.4. The van der Waals surface area contributed by atoms with Gasteiger partial charge in [0, 0.05) is 18.2 Å². The SMILES string of the molecule is CC(C)(C)OC(=O)NC1CCC(c2n[nH]cc2I)CC1. The van der Waals surface area contributed by atoms with Gasteiger partial charge in [-0.2, -0.15) is 5.10 Å². The molecule has 112 valence electrons. The van der Waals surface area contributed by atoms with Crippen molar-refractivity contribution in [2.24, 2.45) is 0 Å². The van der Waals surface area contributed by atoms with Crippen molar-refractivity contribution in [3.8, 4) is 0 Å². The van der Waals surface area contributed by atoms with Crippen molar-refractivity contribution >= 4 is 28.7 Å². The Morgan fingerprint density at radius 2 is 2.05 bits per heavy atom. The maximum atomic E-state index is 11.7. The lowest BCUT2D eigenvalue weighted by molar-refractivity contribution is 0.0491. The molecular weight excluding hydrogens is 369 g/mol. The molecule has 2 N–H and O–H groups in total. The summed E-state index contributed by atoms with van der Waals surface area (Å²) in [4.78, 5) is 11.7. The molecule has 0 radical (unpaired) electrons. The van der Waals surface area contributed by atoms with E-state index < -0.39 is 5.60 Å². The number of nitrogens with one attached hydrogen (secondary N) is 2. The second kappa shape index (κ2) is 6.32. The molecule has 0 spiro atoms. The Kier molecular flexibility index (Phi) is 4.93. The lowest BCUT2D eigenvalue weighted by atomic mass is 9.84. The Morgan fingerprint density at radius 3 is 2.55 bits per heavy atom. The van der Waals surface area contributed by atoms with Crippen LogP contribution in [0.2, 0.25) is 0 Å². The third-order valence-corrected chi connectivity index (χ3v) is 4.32. The predicted molar refractivity (Wildman–Crippen MR) is 85.7 cm³/mol. The Balaban J connectivity index is 1.80. The third kappa shape index (κ3) is 4.36. The van der Waals surface area contributed by atoms with Crippen molar-refractivity contribution in [2.45, 2.75) is 64.0 Å². The number of hydrogen-bond donors (Lipinski definition) is 2. The van der Waals surface area contributed by atoms with Crippen LogP contribution in [-0.4, -0.2) is 27.9 Å². The molecule has 1 amide bonds. The van der Waals surface area contributed by atoms with Crippen LogP contribution in [0, 0.1) is 3.57 Å². The van der Waals surface area contributed by atoms with E-state index in [1.165, 1.54) is 9.26 Å². The molecule has 20 heavy (non-hydrogen) atoms. The number of halogens is 1. The first-order valence-corrected chi connectivity index (χ1v) is 8.12. The topological polar surface area (TPSA) is 67.0 Å². The number of aromatic amines is 1. The van der Waals surface area contributed by atoms with Gasteiger partial charge in [-0.15, -0.1) is 0 Å². The van der Waals surface area contributed by atoms with Crippen molar-refractivity contribution in [1.82, 2.24) is 15.5 Å². The monoisotopic (exact) mass is 391 g/mol. The maximum absolute atomic E-state index is 11.7. The molecule has 1 fully saturated rings. The standard InChI is InChI=1S/C14H22IN3O2/c1-14(2,3)20-13(19)17-10-6-4-9(5-7-10)12-11(15)8-16-18-12/h8-10H,4-7H2,1-3H3,(H,16,18)(H,17,19). The van der Waals surface area contributed by atoms with Crippen molar-refractivity contribution in [1.29, 1.82) is 0 Å². The highest BCUT2D eigenvalue weighted by molar-refractivity contribution is 14.1. The van der Waals surface area contributed by atoms with E-state index in [0.717, 1.165) is 25.7 Å². The Bertz CT molecular complexity index is 459. The van der Waals surface area contributed by atoms with Crippen LogP contribution in [0.3, 0.4) is 0 Å². The zero-order chi connectivity index (χ0) is 14.8. The largest absolute Gasteiger partial charge is 0.444 e. The van der Waals surface area contributed by atoms with Gasteiger partial charge >= 0.3 is 6.09 Å². The van der Waals surface area contributed by atoms with E-state index >= 15 is 0 Å². The molecule has 1 aliphatic carbocycles. The van der Waals surface area contributed by atoms with Crippen LogP contribution in [0.25, 0.3) is 0 Å². The number of alkyl carbamates (subject to hydrolysis) is 1. The minimum atomic E-state index is -0.438. The van der Waals surface area contributed by atoms with Crippen molar-refractivity contribution in [2.75, 3.05) is 0 Å². The normalized spacial score (nSPS) is 23.4. The summed E-state index contributed by atoms with van der Waals surface area (Å²) < 4.78 is 6.49. The number of H-pyrrole nitrogens is 1. The molecule has 0 aromatic carbocycles. The highest BCUT2D eigenvalue weighted by atomic mass is 127. The number of amides is 1. The second-order valence-corrected chi connectivity index (χ2v) is 7.48. The molecule has 0 atom stereocenters. The van der Waals surface area contributed by atoms with Gasteiger partial charge in [0.15, 0.2) is 0 Å². The maximum Gasteiger partial charge on any atom is 0.407 e. The van der Waals surface area contributed by atoms with Gasteiger partial charge in [0.05, 0.1) is 9.26 Å². The van der Waals surface area contributed by atoms with Crippen LogP contribution < -0.4 is 5.32 Å². The third-order valence-electron chi connectivity index (χ3n) is 3.46. The fourth-order valence-electron chi connectivity index (χ4n) is 2.56. The number of aromatic nitrogens is 2. The number of carbonyl (C=O) groups is 1. The molecule has 1 heterocycles. The second-order valence-electron chi connectivity index (χ2n) is 6.31. The van der Waals surface area contributed by atoms with E-state index in [9.17, 15) is 4.79 Å². The summed E-state index contributed by atoms with van der Waals surface area (Å²) in [7, 11) is 0. The quantitative estimate of drug-likeness (QED) is 0.758. The minimum absolute atomic E-state index is 0.220.